The lowest BCUT2D eigenvalue weighted by Gasteiger charge is -2.11. The highest BCUT2D eigenvalue weighted by Gasteiger charge is 2.21. The lowest BCUT2D eigenvalue weighted by molar-refractivity contribution is 0.254. The summed E-state index contributed by atoms with van der Waals surface area (Å²) in [7, 11) is 1.58. The van der Waals surface area contributed by atoms with Crippen LogP contribution in [0.3, 0.4) is 0 Å². The van der Waals surface area contributed by atoms with E-state index in [2.05, 4.69) is 10.3 Å². The second kappa shape index (κ2) is 8.52. The molecular weight excluding hydrogens is 455 g/mol. The average Bonchev–Trinajstić information content (AvgIpc) is 2.94. The number of fused-ring (bicyclic) bond motifs is 1. The molecule has 0 amide bonds. The zero-order chi connectivity index (χ0) is 18.0. The van der Waals surface area contributed by atoms with E-state index in [9.17, 15) is 8.78 Å². The molecule has 2 aromatic rings. The molecule has 2 aromatic carbocycles. The van der Waals surface area contributed by atoms with E-state index < -0.39 is 11.6 Å². The van der Waals surface area contributed by atoms with Crippen molar-refractivity contribution < 1.29 is 18.3 Å². The third-order valence-corrected chi connectivity index (χ3v) is 3.91. The molecule has 0 saturated carbocycles. The topological polar surface area (TPSA) is 68.9 Å². The van der Waals surface area contributed by atoms with Gasteiger partial charge in [-0.2, -0.15) is 0 Å². The first kappa shape index (κ1) is 20.2. The van der Waals surface area contributed by atoms with Crippen molar-refractivity contribution in [3.05, 3.63) is 53.1 Å². The zero-order valence-electron chi connectivity index (χ0n) is 14.4. The normalized spacial score (nSPS) is 15.7. The third kappa shape index (κ3) is 4.54. The van der Waals surface area contributed by atoms with Gasteiger partial charge in [-0.05, 0) is 31.2 Å². The number of halogens is 3. The number of hydrogen-bond donors (Lipinski definition) is 2. The average molecular weight is 475 g/mol. The molecule has 0 spiro atoms. The molecule has 26 heavy (non-hydrogen) atoms. The Hall–Kier alpha value is -2.10. The highest BCUT2D eigenvalue weighted by Crippen LogP contribution is 2.35. The summed E-state index contributed by atoms with van der Waals surface area (Å²) in [6.07, 6.45) is 0.957. The number of aliphatic imine (C=N–C) groups is 1. The molecule has 1 aliphatic rings. The first-order valence-corrected chi connectivity index (χ1v) is 7.84. The third-order valence-electron chi connectivity index (χ3n) is 3.91. The number of guanidine groups is 1. The maximum absolute atomic E-state index is 13.6. The minimum atomic E-state index is -0.614. The Labute approximate surface area is 167 Å². The number of hydrogen-bond acceptors (Lipinski definition) is 3. The van der Waals surface area contributed by atoms with Gasteiger partial charge in [-0.25, -0.2) is 13.8 Å². The van der Waals surface area contributed by atoms with Gasteiger partial charge in [0.15, 0.2) is 5.96 Å². The van der Waals surface area contributed by atoms with E-state index in [0.717, 1.165) is 41.5 Å². The Kier molecular flexibility index (Phi) is 6.63. The van der Waals surface area contributed by atoms with E-state index in [4.69, 9.17) is 15.2 Å². The second-order valence-electron chi connectivity index (χ2n) is 5.86. The van der Waals surface area contributed by atoms with E-state index in [1.807, 2.05) is 19.1 Å². The van der Waals surface area contributed by atoms with Crippen LogP contribution in [0.1, 0.15) is 18.1 Å². The van der Waals surface area contributed by atoms with Gasteiger partial charge in [0.1, 0.15) is 29.2 Å². The molecule has 3 rings (SSSR count). The standard InChI is InChI=1S/C18H19F2N3O2.HI/c1-10-5-11-6-16(24-2)12(7-17(11)25-10)9-22-18(21)23-15-8-13(19)3-4-14(15)20;/h3-4,6-8,10H,5,9H2,1-2H3,(H3,21,22,23);1H. The summed E-state index contributed by atoms with van der Waals surface area (Å²) in [5.74, 6) is 0.285. The van der Waals surface area contributed by atoms with E-state index in [1.165, 1.54) is 0 Å². The fraction of sp³-hybridized carbons (Fsp3) is 0.278. The Morgan fingerprint density at radius 3 is 2.85 bits per heavy atom. The number of nitrogens with zero attached hydrogens (tertiary/aromatic N) is 1. The van der Waals surface area contributed by atoms with Crippen molar-refractivity contribution in [1.82, 2.24) is 0 Å². The second-order valence-corrected chi connectivity index (χ2v) is 5.86. The number of methoxy groups -OCH3 is 1. The smallest absolute Gasteiger partial charge is 0.193 e. The Bertz CT molecular complexity index is 830. The molecule has 0 saturated heterocycles. The van der Waals surface area contributed by atoms with E-state index in [-0.39, 0.29) is 48.3 Å². The maximum Gasteiger partial charge on any atom is 0.193 e. The van der Waals surface area contributed by atoms with Crippen LogP contribution in [0, 0.1) is 11.6 Å². The largest absolute Gasteiger partial charge is 0.496 e. The number of ether oxygens (including phenoxy) is 2. The van der Waals surface area contributed by atoms with Crippen LogP contribution in [-0.2, 0) is 13.0 Å². The van der Waals surface area contributed by atoms with Gasteiger partial charge >= 0.3 is 0 Å². The summed E-state index contributed by atoms with van der Waals surface area (Å²) in [6.45, 7) is 2.21. The summed E-state index contributed by atoms with van der Waals surface area (Å²) in [5.41, 5.74) is 7.59. The van der Waals surface area contributed by atoms with E-state index >= 15 is 0 Å². The van der Waals surface area contributed by atoms with Gasteiger partial charge in [-0.3, -0.25) is 0 Å². The first-order valence-electron chi connectivity index (χ1n) is 7.84. The van der Waals surface area contributed by atoms with Crippen molar-refractivity contribution in [1.29, 1.82) is 0 Å². The van der Waals surface area contributed by atoms with Crippen molar-refractivity contribution in [3.63, 3.8) is 0 Å². The van der Waals surface area contributed by atoms with Crippen LogP contribution >= 0.6 is 24.0 Å². The minimum absolute atomic E-state index is 0. The van der Waals surface area contributed by atoms with Crippen LogP contribution in [0.15, 0.2) is 35.3 Å². The summed E-state index contributed by atoms with van der Waals surface area (Å²) in [6, 6.07) is 6.87. The zero-order valence-corrected chi connectivity index (χ0v) is 16.7. The van der Waals surface area contributed by atoms with Gasteiger partial charge in [0.05, 0.1) is 19.3 Å². The molecular formula is C18H20F2IN3O2. The molecule has 1 atom stereocenters. The molecule has 1 aliphatic heterocycles. The van der Waals surface area contributed by atoms with Crippen molar-refractivity contribution in [2.45, 2.75) is 26.0 Å². The number of nitrogens with two attached hydrogens (primary N) is 1. The fourth-order valence-corrected chi connectivity index (χ4v) is 2.74. The predicted molar refractivity (Wildman–Crippen MR) is 108 cm³/mol. The van der Waals surface area contributed by atoms with Crippen LogP contribution in [0.4, 0.5) is 14.5 Å². The molecule has 5 nitrogen and oxygen atoms in total. The van der Waals surface area contributed by atoms with E-state index in [1.54, 1.807) is 7.11 Å². The molecule has 8 heteroatoms. The van der Waals surface area contributed by atoms with Crippen molar-refractivity contribution in [2.24, 2.45) is 10.7 Å². The van der Waals surface area contributed by atoms with E-state index in [0.29, 0.717) is 5.75 Å². The van der Waals surface area contributed by atoms with Gasteiger partial charge < -0.3 is 20.5 Å². The van der Waals surface area contributed by atoms with Gasteiger partial charge in [-0.15, -0.1) is 24.0 Å². The van der Waals surface area contributed by atoms with Crippen LogP contribution in [0.5, 0.6) is 11.5 Å². The quantitative estimate of drug-likeness (QED) is 0.401. The van der Waals surface area contributed by atoms with Crippen LogP contribution in [0.2, 0.25) is 0 Å². The highest BCUT2D eigenvalue weighted by molar-refractivity contribution is 14.0. The van der Waals surface area contributed by atoms with Gasteiger partial charge in [0.25, 0.3) is 0 Å². The fourth-order valence-electron chi connectivity index (χ4n) is 2.74. The highest BCUT2D eigenvalue weighted by atomic mass is 127. The lowest BCUT2D eigenvalue weighted by atomic mass is 10.1. The summed E-state index contributed by atoms with van der Waals surface area (Å²) in [4.78, 5) is 4.17. The molecule has 0 bridgehead atoms. The Morgan fingerprint density at radius 1 is 1.35 bits per heavy atom. The van der Waals surface area contributed by atoms with Gasteiger partial charge in [0, 0.05) is 23.6 Å². The number of rotatable bonds is 4. The molecule has 0 aromatic heterocycles. The lowest BCUT2D eigenvalue weighted by Crippen LogP contribution is -2.23. The predicted octanol–water partition coefficient (Wildman–Crippen LogP) is 3.84. The molecule has 0 aliphatic carbocycles. The molecule has 0 radical (unpaired) electrons. The van der Waals surface area contributed by atoms with Gasteiger partial charge in [-0.1, -0.05) is 0 Å². The minimum Gasteiger partial charge on any atom is -0.496 e. The number of anilines is 1. The summed E-state index contributed by atoms with van der Waals surface area (Å²) in [5, 5.41) is 2.56. The monoisotopic (exact) mass is 475 g/mol. The van der Waals surface area contributed by atoms with Crippen molar-refractivity contribution in [2.75, 3.05) is 12.4 Å². The molecule has 1 unspecified atom stereocenters. The van der Waals surface area contributed by atoms with Crippen LogP contribution in [0.25, 0.3) is 0 Å². The van der Waals surface area contributed by atoms with Crippen molar-refractivity contribution >= 4 is 35.6 Å². The number of benzene rings is 2. The Morgan fingerprint density at radius 2 is 2.12 bits per heavy atom. The van der Waals surface area contributed by atoms with Crippen LogP contribution in [-0.4, -0.2) is 19.2 Å². The molecule has 0 fully saturated rings. The molecule has 1 heterocycles. The van der Waals surface area contributed by atoms with Gasteiger partial charge in [0.2, 0.25) is 0 Å². The van der Waals surface area contributed by atoms with Crippen molar-refractivity contribution in [3.8, 4) is 11.5 Å². The summed E-state index contributed by atoms with van der Waals surface area (Å²) >= 11 is 0. The molecule has 140 valence electrons. The first-order chi connectivity index (χ1) is 12.0. The SMILES string of the molecule is COc1cc2c(cc1CN=C(N)Nc1cc(F)ccc1F)OC(C)C2.I. The Balaban J connectivity index is 0.00000243. The van der Waals surface area contributed by atoms with Crippen LogP contribution < -0.4 is 20.5 Å². The molecule has 3 N–H and O–H groups in total. The number of nitrogens with one attached hydrogen (secondary N) is 1. The summed E-state index contributed by atoms with van der Waals surface area (Å²) < 4.78 is 37.9. The maximum atomic E-state index is 13.6.